The molecule has 0 N–H and O–H groups in total. The van der Waals surface area contributed by atoms with E-state index >= 15 is 0 Å². The van der Waals surface area contributed by atoms with Gasteiger partial charge in [-0.15, -0.1) is 0 Å². The van der Waals surface area contributed by atoms with Crippen LogP contribution in [0.2, 0.25) is 0 Å². The molecule has 304 valence electrons. The van der Waals surface area contributed by atoms with Crippen LogP contribution < -0.4 is 0 Å². The van der Waals surface area contributed by atoms with Gasteiger partial charge < -0.3 is 0 Å². The minimum absolute atomic E-state index is 0.541. The molecule has 11 aromatic rings. The summed E-state index contributed by atoms with van der Waals surface area (Å²) in [7, 11) is 0. The molecule has 0 amide bonds. The van der Waals surface area contributed by atoms with E-state index in [-0.39, 0.29) is 0 Å². The third kappa shape index (κ3) is 6.63. The maximum atomic E-state index is 5.49. The fourth-order valence-electron chi connectivity index (χ4n) is 9.80. The van der Waals surface area contributed by atoms with Crippen molar-refractivity contribution >= 4 is 10.9 Å². The smallest absolute Gasteiger partial charge is 0.164 e. The lowest BCUT2D eigenvalue weighted by Crippen LogP contribution is -2.28. The lowest BCUT2D eigenvalue weighted by molar-refractivity contribution is 0.769. The van der Waals surface area contributed by atoms with Gasteiger partial charge in [-0.3, -0.25) is 0 Å². The van der Waals surface area contributed by atoms with Crippen LogP contribution in [0.4, 0.5) is 0 Å². The van der Waals surface area contributed by atoms with E-state index in [9.17, 15) is 0 Å². The Morgan fingerprint density at radius 2 is 0.723 bits per heavy atom. The molecule has 12 rings (SSSR count). The molecule has 2 heterocycles. The van der Waals surface area contributed by atoms with Crippen LogP contribution in [0.25, 0.3) is 89.7 Å². The van der Waals surface area contributed by atoms with E-state index in [1.54, 1.807) is 0 Å². The van der Waals surface area contributed by atoms with Crippen LogP contribution in [0.3, 0.4) is 0 Å². The van der Waals surface area contributed by atoms with E-state index in [0.29, 0.717) is 17.5 Å². The number of hydrogen-bond acceptors (Lipinski definition) is 4. The second kappa shape index (κ2) is 15.9. The molecule has 0 spiro atoms. The second-order valence-corrected chi connectivity index (χ2v) is 16.6. The van der Waals surface area contributed by atoms with Crippen LogP contribution in [-0.4, -0.2) is 19.9 Å². The van der Waals surface area contributed by atoms with Gasteiger partial charge in [-0.1, -0.05) is 212 Å². The number of hydrogen-bond donors (Lipinski definition) is 0. The summed E-state index contributed by atoms with van der Waals surface area (Å²) in [6.45, 7) is 0. The molecule has 0 aliphatic heterocycles. The first kappa shape index (κ1) is 38.1. The van der Waals surface area contributed by atoms with Crippen molar-refractivity contribution in [3.05, 3.63) is 265 Å². The number of pyridine rings is 1. The molecule has 0 saturated carbocycles. The van der Waals surface area contributed by atoms with Gasteiger partial charge in [-0.05, 0) is 86.0 Å². The molecule has 1 aliphatic carbocycles. The molecule has 1 aliphatic rings. The SMILES string of the molecule is c1ccc(-c2cccc(-c3nc(-c4ccccc4)nc(-c4cccc(-c5cc(-c6ccccc6)nc6cc7c(cc56)-c5ccccc5C7(c5ccccc5)c5ccccc5)c4)n3)c2)cc1. The van der Waals surface area contributed by atoms with Gasteiger partial charge in [0.1, 0.15) is 0 Å². The van der Waals surface area contributed by atoms with Crippen LogP contribution in [0.1, 0.15) is 22.3 Å². The Hall–Kier alpha value is -8.60. The molecule has 0 fully saturated rings. The lowest BCUT2D eigenvalue weighted by atomic mass is 9.67. The van der Waals surface area contributed by atoms with Gasteiger partial charge >= 0.3 is 0 Å². The van der Waals surface area contributed by atoms with Crippen LogP contribution >= 0.6 is 0 Å². The second-order valence-electron chi connectivity index (χ2n) is 16.6. The maximum Gasteiger partial charge on any atom is 0.164 e. The van der Waals surface area contributed by atoms with Crippen LogP contribution in [-0.2, 0) is 5.41 Å². The highest BCUT2D eigenvalue weighted by Crippen LogP contribution is 2.57. The van der Waals surface area contributed by atoms with Gasteiger partial charge in [-0.25, -0.2) is 19.9 Å². The molecular weight excluding hydrogens is 789 g/mol. The van der Waals surface area contributed by atoms with Gasteiger partial charge in [0.15, 0.2) is 17.5 Å². The third-order valence-electron chi connectivity index (χ3n) is 12.8. The van der Waals surface area contributed by atoms with Crippen molar-refractivity contribution in [2.45, 2.75) is 5.41 Å². The Balaban J connectivity index is 1.07. The topological polar surface area (TPSA) is 51.6 Å². The highest BCUT2D eigenvalue weighted by atomic mass is 15.0. The summed E-state index contributed by atoms with van der Waals surface area (Å²) in [4.78, 5) is 20.9. The normalized spacial score (nSPS) is 12.4. The summed E-state index contributed by atoms with van der Waals surface area (Å²) in [6, 6.07) is 85.9. The third-order valence-corrected chi connectivity index (χ3v) is 12.8. The monoisotopic (exact) mass is 828 g/mol. The van der Waals surface area contributed by atoms with Crippen LogP contribution in [0.15, 0.2) is 243 Å². The largest absolute Gasteiger partial charge is 0.248 e. The average molecular weight is 829 g/mol. The van der Waals surface area contributed by atoms with Crippen molar-refractivity contribution < 1.29 is 0 Å². The molecule has 2 aromatic heterocycles. The fraction of sp³-hybridized carbons (Fsp3) is 0.0164. The van der Waals surface area contributed by atoms with E-state index in [1.807, 2.05) is 24.3 Å². The van der Waals surface area contributed by atoms with Crippen molar-refractivity contribution in [3.8, 4) is 78.8 Å². The summed E-state index contributed by atoms with van der Waals surface area (Å²) in [5, 5.41) is 1.08. The summed E-state index contributed by atoms with van der Waals surface area (Å²) in [5.74, 6) is 1.84. The van der Waals surface area contributed by atoms with E-state index in [0.717, 1.165) is 61.1 Å². The lowest BCUT2D eigenvalue weighted by Gasteiger charge is -2.34. The van der Waals surface area contributed by atoms with Gasteiger partial charge in [0.2, 0.25) is 0 Å². The zero-order valence-electron chi connectivity index (χ0n) is 35.4. The molecule has 0 radical (unpaired) electrons. The molecule has 4 nitrogen and oxygen atoms in total. The van der Waals surface area contributed by atoms with Crippen molar-refractivity contribution in [3.63, 3.8) is 0 Å². The highest BCUT2D eigenvalue weighted by molar-refractivity contribution is 6.03. The Labute approximate surface area is 378 Å². The minimum atomic E-state index is -0.541. The van der Waals surface area contributed by atoms with Gasteiger partial charge in [0.25, 0.3) is 0 Å². The first-order chi connectivity index (χ1) is 32.2. The summed E-state index contributed by atoms with van der Waals surface area (Å²) < 4.78 is 0. The predicted octanol–water partition coefficient (Wildman–Crippen LogP) is 14.8. The summed E-state index contributed by atoms with van der Waals surface area (Å²) in [5.41, 5.74) is 16.9. The molecule has 0 bridgehead atoms. The average Bonchev–Trinajstić information content (AvgIpc) is 3.68. The number of benzene rings is 9. The Bertz CT molecular complexity index is 3480. The Kier molecular flexibility index (Phi) is 9.35. The molecule has 0 saturated heterocycles. The van der Waals surface area contributed by atoms with Crippen molar-refractivity contribution in [1.29, 1.82) is 0 Å². The van der Waals surface area contributed by atoms with Crippen LogP contribution in [0.5, 0.6) is 0 Å². The van der Waals surface area contributed by atoms with E-state index in [1.165, 1.54) is 33.4 Å². The molecule has 4 heteroatoms. The molecule has 65 heavy (non-hydrogen) atoms. The van der Waals surface area contributed by atoms with Gasteiger partial charge in [-0.2, -0.15) is 0 Å². The maximum absolute atomic E-state index is 5.49. The number of nitrogens with zero attached hydrogens (tertiary/aromatic N) is 4. The van der Waals surface area contributed by atoms with E-state index in [2.05, 4.69) is 218 Å². The van der Waals surface area contributed by atoms with Gasteiger partial charge in [0, 0.05) is 27.6 Å². The first-order valence-electron chi connectivity index (χ1n) is 22.0. The zero-order chi connectivity index (χ0) is 43.2. The van der Waals surface area contributed by atoms with Gasteiger partial charge in [0.05, 0.1) is 16.6 Å². The van der Waals surface area contributed by atoms with E-state index < -0.39 is 5.41 Å². The van der Waals surface area contributed by atoms with Crippen molar-refractivity contribution in [2.24, 2.45) is 0 Å². The summed E-state index contributed by atoms with van der Waals surface area (Å²) in [6.07, 6.45) is 0. The summed E-state index contributed by atoms with van der Waals surface area (Å²) >= 11 is 0. The minimum Gasteiger partial charge on any atom is -0.248 e. The molecule has 9 aromatic carbocycles. The standard InChI is InChI=1S/C61H40N4/c1-6-20-41(21-7-1)44-26-18-28-46(36-44)59-63-58(43-24-10-3-11-25-43)64-60(65-59)47-29-19-27-45(37-47)51-39-56(42-22-8-2-9-23-42)62-57-40-55-52(38-53(51)57)50-34-16-17-35-54(50)61(55,48-30-12-4-13-31-48)49-32-14-5-15-33-49/h1-40H. The number of fused-ring (bicyclic) bond motifs is 4. The van der Waals surface area contributed by atoms with Crippen LogP contribution in [0, 0.1) is 0 Å². The Morgan fingerprint density at radius 3 is 1.34 bits per heavy atom. The van der Waals surface area contributed by atoms with Crippen molar-refractivity contribution in [1.82, 2.24) is 19.9 Å². The van der Waals surface area contributed by atoms with E-state index in [4.69, 9.17) is 19.9 Å². The molecule has 0 unspecified atom stereocenters. The predicted molar refractivity (Wildman–Crippen MR) is 265 cm³/mol. The number of rotatable bonds is 8. The molecular formula is C61H40N4. The van der Waals surface area contributed by atoms with Crippen molar-refractivity contribution in [2.75, 3.05) is 0 Å². The molecule has 0 atom stereocenters. The first-order valence-corrected chi connectivity index (χ1v) is 22.0. The zero-order valence-corrected chi connectivity index (χ0v) is 35.4. The Morgan fingerprint density at radius 1 is 0.262 bits per heavy atom. The number of aromatic nitrogens is 4. The fourth-order valence-corrected chi connectivity index (χ4v) is 9.80. The highest BCUT2D eigenvalue weighted by Gasteiger charge is 2.46. The quantitative estimate of drug-likeness (QED) is 0.153.